The monoisotopic (exact) mass is 310 g/mol. The third-order valence-corrected chi connectivity index (χ3v) is 4.63. The maximum atomic E-state index is 4.37. The van der Waals surface area contributed by atoms with Gasteiger partial charge in [0.15, 0.2) is 0 Å². The number of rotatable bonds is 4. The third kappa shape index (κ3) is 3.71. The summed E-state index contributed by atoms with van der Waals surface area (Å²) in [5.74, 6) is 1.83. The Bertz CT molecular complexity index is 367. The van der Waals surface area contributed by atoms with Crippen LogP contribution in [-0.2, 0) is 0 Å². The van der Waals surface area contributed by atoms with Crippen molar-refractivity contribution in [2.75, 3.05) is 11.9 Å². The van der Waals surface area contributed by atoms with Crippen molar-refractivity contribution < 1.29 is 0 Å². The van der Waals surface area contributed by atoms with Crippen LogP contribution >= 0.6 is 15.9 Å². The highest BCUT2D eigenvalue weighted by molar-refractivity contribution is 9.10. The van der Waals surface area contributed by atoms with Crippen molar-refractivity contribution in [3.63, 3.8) is 0 Å². The number of nitrogens with one attached hydrogen (secondary N) is 1. The predicted octanol–water partition coefficient (Wildman–Crippen LogP) is 4.86. The maximum absolute atomic E-state index is 4.37. The van der Waals surface area contributed by atoms with E-state index in [1.165, 1.54) is 32.1 Å². The van der Waals surface area contributed by atoms with Gasteiger partial charge in [0.05, 0.1) is 0 Å². The van der Waals surface area contributed by atoms with E-state index in [0.717, 1.165) is 22.8 Å². The maximum Gasteiger partial charge on any atom is 0.125 e. The average molecular weight is 311 g/mol. The zero-order valence-electron chi connectivity index (χ0n) is 11.4. The van der Waals surface area contributed by atoms with Crippen LogP contribution in [0.1, 0.15) is 46.0 Å². The molecule has 1 aliphatic rings. The van der Waals surface area contributed by atoms with Gasteiger partial charge >= 0.3 is 0 Å². The van der Waals surface area contributed by atoms with Gasteiger partial charge in [-0.2, -0.15) is 0 Å². The lowest BCUT2D eigenvalue weighted by atomic mass is 9.71. The lowest BCUT2D eigenvalue weighted by Gasteiger charge is -2.37. The first-order valence-electron chi connectivity index (χ1n) is 6.93. The summed E-state index contributed by atoms with van der Waals surface area (Å²) in [5.41, 5.74) is 0.356. The zero-order valence-corrected chi connectivity index (χ0v) is 13.0. The Labute approximate surface area is 119 Å². The second-order valence-corrected chi connectivity index (χ2v) is 6.95. The van der Waals surface area contributed by atoms with Crippen LogP contribution in [0.15, 0.2) is 22.8 Å². The Morgan fingerprint density at radius 1 is 1.28 bits per heavy atom. The molecule has 3 heteroatoms. The summed E-state index contributed by atoms with van der Waals surface area (Å²) < 4.78 is 1.03. The van der Waals surface area contributed by atoms with E-state index in [1.54, 1.807) is 0 Å². The SMILES string of the molecule is CC(C)(CNc1ccc(Br)cn1)C1CCCCC1. The van der Waals surface area contributed by atoms with Gasteiger partial charge in [-0.1, -0.05) is 33.1 Å². The van der Waals surface area contributed by atoms with Crippen molar-refractivity contribution in [1.29, 1.82) is 0 Å². The lowest BCUT2D eigenvalue weighted by molar-refractivity contribution is 0.172. The molecular formula is C15H23BrN2. The minimum Gasteiger partial charge on any atom is -0.370 e. The van der Waals surface area contributed by atoms with Gasteiger partial charge in [-0.15, -0.1) is 0 Å². The molecule has 0 aliphatic heterocycles. The number of anilines is 1. The molecule has 0 atom stereocenters. The van der Waals surface area contributed by atoms with E-state index in [0.29, 0.717) is 5.41 Å². The minimum atomic E-state index is 0.356. The summed E-state index contributed by atoms with van der Waals surface area (Å²) in [6.07, 6.45) is 8.87. The third-order valence-electron chi connectivity index (χ3n) is 4.16. The molecule has 1 aliphatic carbocycles. The first kappa shape index (κ1) is 13.9. The molecular weight excluding hydrogens is 288 g/mol. The van der Waals surface area contributed by atoms with Gasteiger partial charge in [-0.3, -0.25) is 0 Å². The van der Waals surface area contributed by atoms with Crippen LogP contribution in [0.2, 0.25) is 0 Å². The molecule has 2 rings (SSSR count). The molecule has 100 valence electrons. The Morgan fingerprint density at radius 3 is 2.61 bits per heavy atom. The molecule has 1 heterocycles. The van der Waals surface area contributed by atoms with Crippen LogP contribution < -0.4 is 5.32 Å². The van der Waals surface area contributed by atoms with Crippen LogP contribution in [0.3, 0.4) is 0 Å². The van der Waals surface area contributed by atoms with Crippen molar-refractivity contribution in [3.05, 3.63) is 22.8 Å². The normalized spacial score (nSPS) is 17.7. The molecule has 2 nitrogen and oxygen atoms in total. The minimum absolute atomic E-state index is 0.356. The largest absolute Gasteiger partial charge is 0.370 e. The van der Waals surface area contributed by atoms with Gasteiger partial charge < -0.3 is 5.32 Å². The second-order valence-electron chi connectivity index (χ2n) is 6.04. The summed E-state index contributed by atoms with van der Waals surface area (Å²) in [4.78, 5) is 4.37. The number of nitrogens with zero attached hydrogens (tertiary/aromatic N) is 1. The molecule has 0 radical (unpaired) electrons. The van der Waals surface area contributed by atoms with E-state index in [1.807, 2.05) is 18.3 Å². The van der Waals surface area contributed by atoms with E-state index < -0.39 is 0 Å². The van der Waals surface area contributed by atoms with Gasteiger partial charge in [0, 0.05) is 17.2 Å². The van der Waals surface area contributed by atoms with Gasteiger partial charge in [0.1, 0.15) is 5.82 Å². The van der Waals surface area contributed by atoms with E-state index >= 15 is 0 Å². The fourth-order valence-electron chi connectivity index (χ4n) is 2.83. The summed E-state index contributed by atoms with van der Waals surface area (Å²) in [5, 5.41) is 3.48. The van der Waals surface area contributed by atoms with Crippen molar-refractivity contribution >= 4 is 21.7 Å². The van der Waals surface area contributed by atoms with Gasteiger partial charge in [-0.05, 0) is 52.2 Å². The molecule has 1 aromatic heterocycles. The molecule has 0 unspecified atom stereocenters. The van der Waals surface area contributed by atoms with Gasteiger partial charge in [0.2, 0.25) is 0 Å². The highest BCUT2D eigenvalue weighted by atomic mass is 79.9. The fourth-order valence-corrected chi connectivity index (χ4v) is 3.06. The quantitative estimate of drug-likeness (QED) is 0.858. The van der Waals surface area contributed by atoms with Crippen LogP contribution in [0.4, 0.5) is 5.82 Å². The van der Waals surface area contributed by atoms with Gasteiger partial charge in [0.25, 0.3) is 0 Å². The fraction of sp³-hybridized carbons (Fsp3) is 0.667. The zero-order chi connectivity index (χ0) is 13.0. The molecule has 1 N–H and O–H groups in total. The van der Waals surface area contributed by atoms with E-state index in [2.05, 4.69) is 40.1 Å². The van der Waals surface area contributed by atoms with E-state index in [4.69, 9.17) is 0 Å². The van der Waals surface area contributed by atoms with Crippen molar-refractivity contribution in [2.45, 2.75) is 46.0 Å². The molecule has 0 aromatic carbocycles. The van der Waals surface area contributed by atoms with Gasteiger partial charge in [-0.25, -0.2) is 4.98 Å². The lowest BCUT2D eigenvalue weighted by Crippen LogP contribution is -2.33. The standard InChI is InChI=1S/C15H23BrN2/c1-15(2,12-6-4-3-5-7-12)11-18-14-9-8-13(16)10-17-14/h8-10,12H,3-7,11H2,1-2H3,(H,17,18). The van der Waals surface area contributed by atoms with Crippen LogP contribution in [0.5, 0.6) is 0 Å². The highest BCUT2D eigenvalue weighted by Gasteiger charge is 2.30. The summed E-state index contributed by atoms with van der Waals surface area (Å²) >= 11 is 3.41. The van der Waals surface area contributed by atoms with Crippen LogP contribution in [0, 0.1) is 11.3 Å². The van der Waals surface area contributed by atoms with Crippen LogP contribution in [0.25, 0.3) is 0 Å². The number of pyridine rings is 1. The second kappa shape index (κ2) is 6.05. The number of hydrogen-bond acceptors (Lipinski definition) is 2. The Kier molecular flexibility index (Phi) is 4.66. The first-order valence-corrected chi connectivity index (χ1v) is 7.73. The summed E-state index contributed by atoms with van der Waals surface area (Å²) in [7, 11) is 0. The number of hydrogen-bond donors (Lipinski definition) is 1. The molecule has 1 aromatic rings. The molecule has 1 fully saturated rings. The van der Waals surface area contributed by atoms with Crippen molar-refractivity contribution in [1.82, 2.24) is 4.98 Å². The Balaban J connectivity index is 1.89. The molecule has 0 spiro atoms. The number of halogens is 1. The van der Waals surface area contributed by atoms with E-state index in [-0.39, 0.29) is 0 Å². The Hall–Kier alpha value is -0.570. The summed E-state index contributed by atoms with van der Waals surface area (Å²) in [6.45, 7) is 5.77. The molecule has 0 amide bonds. The molecule has 0 saturated heterocycles. The predicted molar refractivity (Wildman–Crippen MR) is 80.8 cm³/mol. The first-order chi connectivity index (χ1) is 8.58. The van der Waals surface area contributed by atoms with Crippen molar-refractivity contribution in [3.8, 4) is 0 Å². The molecule has 0 bridgehead atoms. The summed E-state index contributed by atoms with van der Waals surface area (Å²) in [6, 6.07) is 4.06. The number of aromatic nitrogens is 1. The van der Waals surface area contributed by atoms with Crippen LogP contribution in [-0.4, -0.2) is 11.5 Å². The van der Waals surface area contributed by atoms with Crippen molar-refractivity contribution in [2.24, 2.45) is 11.3 Å². The Morgan fingerprint density at radius 2 is 2.00 bits per heavy atom. The average Bonchev–Trinajstić information content (AvgIpc) is 2.39. The molecule has 18 heavy (non-hydrogen) atoms. The highest BCUT2D eigenvalue weighted by Crippen LogP contribution is 2.38. The topological polar surface area (TPSA) is 24.9 Å². The molecule has 1 saturated carbocycles. The smallest absolute Gasteiger partial charge is 0.125 e. The van der Waals surface area contributed by atoms with E-state index in [9.17, 15) is 0 Å².